The Bertz CT molecular complexity index is 72.5. The maximum absolute atomic E-state index is 2.60. The second kappa shape index (κ2) is 8.91. The van der Waals surface area contributed by atoms with Crippen molar-refractivity contribution in [2.45, 2.75) is 19.8 Å². The number of nitrogens with zero attached hydrogens (tertiary/aromatic N) is 1. The molecule has 0 saturated carbocycles. The van der Waals surface area contributed by atoms with Gasteiger partial charge in [0, 0.05) is 12.6 Å². The Balaban J connectivity index is 3.34. The van der Waals surface area contributed by atoms with Crippen molar-refractivity contribution in [3.8, 4) is 0 Å². The molecule has 0 radical (unpaired) electrons. The molecule has 2 atom stereocenters. The van der Waals surface area contributed by atoms with E-state index >= 15 is 0 Å². The van der Waals surface area contributed by atoms with Crippen LogP contribution >= 0.6 is 17.2 Å². The van der Waals surface area contributed by atoms with Crippen LogP contribution in [-0.4, -0.2) is 37.3 Å². The van der Waals surface area contributed by atoms with Gasteiger partial charge in [-0.15, -0.1) is 17.2 Å². The molecule has 0 heterocycles. The highest BCUT2D eigenvalue weighted by molar-refractivity contribution is 7.37. The van der Waals surface area contributed by atoms with E-state index in [-0.39, 0.29) is 0 Å². The predicted molar refractivity (Wildman–Crippen MR) is 59.8 cm³/mol. The van der Waals surface area contributed by atoms with Gasteiger partial charge in [0.25, 0.3) is 0 Å². The third-order valence-corrected chi connectivity index (χ3v) is 3.12. The summed E-state index contributed by atoms with van der Waals surface area (Å²) >= 11 is 0. The molecule has 68 valence electrons. The van der Waals surface area contributed by atoms with Gasteiger partial charge in [0.05, 0.1) is 0 Å². The summed E-state index contributed by atoms with van der Waals surface area (Å²) in [6, 6.07) is 0. The summed E-state index contributed by atoms with van der Waals surface area (Å²) in [5.41, 5.74) is 0. The highest BCUT2D eigenvalue weighted by Gasteiger charge is 1.99. The van der Waals surface area contributed by atoms with E-state index in [1.807, 2.05) is 0 Å². The largest absolute Gasteiger partial charge is 0.296 e. The quantitative estimate of drug-likeness (QED) is 0.562. The van der Waals surface area contributed by atoms with E-state index in [0.29, 0.717) is 0 Å². The molecule has 0 aromatic heterocycles. The maximum Gasteiger partial charge on any atom is 0.0156 e. The lowest BCUT2D eigenvalue weighted by atomic mass is 10.3. The molecule has 0 bridgehead atoms. The van der Waals surface area contributed by atoms with E-state index < -0.39 is 0 Å². The molecule has 0 N–H and O–H groups in total. The van der Waals surface area contributed by atoms with Gasteiger partial charge in [-0.3, -0.25) is 4.90 Å². The van der Waals surface area contributed by atoms with Crippen molar-refractivity contribution in [1.29, 1.82) is 0 Å². The first-order valence-electron chi connectivity index (χ1n) is 4.36. The summed E-state index contributed by atoms with van der Waals surface area (Å²) in [5, 5.41) is 0. The van der Waals surface area contributed by atoms with Crippen LogP contribution in [0.25, 0.3) is 0 Å². The Morgan fingerprint density at radius 1 is 1.09 bits per heavy atom. The molecular formula is C8H21NP2. The summed E-state index contributed by atoms with van der Waals surface area (Å²) in [6.07, 6.45) is 5.34. The number of hydrogen-bond donors (Lipinski definition) is 0. The molecule has 3 heteroatoms. The Labute approximate surface area is 74.9 Å². The summed E-state index contributed by atoms with van der Waals surface area (Å²) < 4.78 is 0. The van der Waals surface area contributed by atoms with E-state index in [1.54, 1.807) is 0 Å². The highest BCUT2D eigenvalue weighted by Crippen LogP contribution is 2.13. The molecule has 0 saturated heterocycles. The fraction of sp³-hybridized carbons (Fsp3) is 1.00. The predicted octanol–water partition coefficient (Wildman–Crippen LogP) is 2.62. The second-order valence-corrected chi connectivity index (χ2v) is 4.82. The number of rotatable bonds is 7. The van der Waals surface area contributed by atoms with Crippen molar-refractivity contribution in [2.75, 3.05) is 32.4 Å². The molecule has 0 aliphatic heterocycles. The number of hydrogen-bond acceptors (Lipinski definition) is 1. The van der Waals surface area contributed by atoms with E-state index in [2.05, 4.69) is 25.2 Å². The van der Waals surface area contributed by atoms with Crippen molar-refractivity contribution >= 4 is 17.2 Å². The third-order valence-electron chi connectivity index (χ3n) is 1.59. The normalized spacial score (nSPS) is 13.1. The Morgan fingerprint density at radius 2 is 1.64 bits per heavy atom. The van der Waals surface area contributed by atoms with Crippen molar-refractivity contribution in [3.05, 3.63) is 0 Å². The van der Waals surface area contributed by atoms with Gasteiger partial charge in [0.2, 0.25) is 0 Å². The van der Waals surface area contributed by atoms with Crippen LogP contribution in [0.3, 0.4) is 0 Å². The molecular weight excluding hydrogens is 172 g/mol. The van der Waals surface area contributed by atoms with Gasteiger partial charge >= 0.3 is 0 Å². The monoisotopic (exact) mass is 193 g/mol. The van der Waals surface area contributed by atoms with E-state index in [1.165, 1.54) is 32.0 Å². The first-order valence-corrected chi connectivity index (χ1v) is 7.78. The second-order valence-electron chi connectivity index (χ2n) is 2.77. The molecule has 0 aromatic rings. The molecule has 0 fully saturated rings. The van der Waals surface area contributed by atoms with Crippen LogP contribution in [0.2, 0.25) is 0 Å². The van der Waals surface area contributed by atoms with Crippen LogP contribution in [0.1, 0.15) is 19.8 Å². The van der Waals surface area contributed by atoms with Crippen LogP contribution < -0.4 is 0 Å². The lowest BCUT2D eigenvalue weighted by molar-refractivity contribution is 0.366. The molecule has 0 rings (SSSR count). The SMILES string of the molecule is CCCCN(CPC)CPC. The van der Waals surface area contributed by atoms with Crippen molar-refractivity contribution in [1.82, 2.24) is 4.90 Å². The first-order chi connectivity index (χ1) is 5.35. The fourth-order valence-electron chi connectivity index (χ4n) is 1.04. The zero-order valence-corrected chi connectivity index (χ0v) is 9.98. The maximum atomic E-state index is 2.60. The van der Waals surface area contributed by atoms with Crippen molar-refractivity contribution in [3.63, 3.8) is 0 Å². The van der Waals surface area contributed by atoms with Gasteiger partial charge in [-0.2, -0.15) is 0 Å². The van der Waals surface area contributed by atoms with E-state index in [9.17, 15) is 0 Å². The standard InChI is InChI=1S/C8H21NP2/c1-4-5-6-9(7-10-2)8-11-3/h10-11H,4-8H2,1-3H3. The van der Waals surface area contributed by atoms with Crippen molar-refractivity contribution in [2.24, 2.45) is 0 Å². The van der Waals surface area contributed by atoms with Crippen LogP contribution in [0, 0.1) is 0 Å². The Kier molecular flexibility index (Phi) is 9.58. The van der Waals surface area contributed by atoms with Crippen LogP contribution in [0.15, 0.2) is 0 Å². The molecule has 0 aliphatic carbocycles. The zero-order valence-electron chi connectivity index (χ0n) is 7.98. The molecule has 1 nitrogen and oxygen atoms in total. The molecule has 0 aromatic carbocycles. The average Bonchev–Trinajstić information content (AvgIpc) is 2.01. The molecule has 0 aliphatic rings. The smallest absolute Gasteiger partial charge is 0.0156 e. The van der Waals surface area contributed by atoms with Gasteiger partial charge in [-0.05, 0) is 26.3 Å². The lowest BCUT2D eigenvalue weighted by Gasteiger charge is -2.19. The van der Waals surface area contributed by atoms with Crippen molar-refractivity contribution < 1.29 is 0 Å². The minimum atomic E-state index is 1.09. The highest BCUT2D eigenvalue weighted by atomic mass is 31.1. The fourth-order valence-corrected chi connectivity index (χ4v) is 2.70. The minimum Gasteiger partial charge on any atom is -0.296 e. The summed E-state index contributed by atoms with van der Waals surface area (Å²) in [5.74, 6) is 0. The average molecular weight is 193 g/mol. The van der Waals surface area contributed by atoms with E-state index in [4.69, 9.17) is 0 Å². The van der Waals surface area contributed by atoms with Gasteiger partial charge < -0.3 is 0 Å². The summed E-state index contributed by atoms with van der Waals surface area (Å²) in [6.45, 7) is 8.16. The van der Waals surface area contributed by atoms with Gasteiger partial charge in [-0.1, -0.05) is 13.3 Å². The summed E-state index contributed by atoms with van der Waals surface area (Å²) in [4.78, 5) is 2.60. The van der Waals surface area contributed by atoms with Crippen LogP contribution in [0.5, 0.6) is 0 Å². The summed E-state index contributed by atoms with van der Waals surface area (Å²) in [7, 11) is 2.18. The van der Waals surface area contributed by atoms with Gasteiger partial charge in [-0.25, -0.2) is 0 Å². The number of unbranched alkanes of at least 4 members (excludes halogenated alkanes) is 1. The third kappa shape index (κ3) is 7.19. The first kappa shape index (κ1) is 11.8. The van der Waals surface area contributed by atoms with Gasteiger partial charge in [0.1, 0.15) is 0 Å². The lowest BCUT2D eigenvalue weighted by Crippen LogP contribution is -2.22. The topological polar surface area (TPSA) is 3.24 Å². The molecule has 2 unspecified atom stereocenters. The van der Waals surface area contributed by atoms with Crippen LogP contribution in [0.4, 0.5) is 0 Å². The Morgan fingerprint density at radius 3 is 2.00 bits per heavy atom. The minimum absolute atomic E-state index is 1.09. The molecule has 11 heavy (non-hydrogen) atoms. The molecule has 0 spiro atoms. The van der Waals surface area contributed by atoms with Crippen LogP contribution in [-0.2, 0) is 0 Å². The molecule has 0 amide bonds. The Hall–Kier alpha value is 0.820. The zero-order chi connectivity index (χ0) is 8.53. The van der Waals surface area contributed by atoms with Gasteiger partial charge in [0.15, 0.2) is 0 Å². The van der Waals surface area contributed by atoms with E-state index in [0.717, 1.165) is 17.2 Å².